The van der Waals surface area contributed by atoms with Gasteiger partial charge < -0.3 is 5.73 Å². The molecule has 3 nitrogen and oxygen atoms in total. The number of hydrogen-bond donors (Lipinski definition) is 1. The molecule has 102 valence electrons. The summed E-state index contributed by atoms with van der Waals surface area (Å²) < 4.78 is 39.1. The SMILES string of the molecule is Cc1nn(Cc2cccc(C(F)(F)F)c2)c(N)c1Cl. The van der Waals surface area contributed by atoms with Gasteiger partial charge in [-0.05, 0) is 24.6 Å². The number of benzene rings is 1. The van der Waals surface area contributed by atoms with E-state index in [-0.39, 0.29) is 12.4 Å². The van der Waals surface area contributed by atoms with E-state index < -0.39 is 11.7 Å². The highest BCUT2D eigenvalue weighted by Crippen LogP contribution is 2.30. The Kier molecular flexibility index (Phi) is 3.45. The number of rotatable bonds is 2. The molecule has 7 heteroatoms. The Morgan fingerprint density at radius 1 is 1.37 bits per heavy atom. The number of nitrogens with zero attached hydrogens (tertiary/aromatic N) is 2. The van der Waals surface area contributed by atoms with Gasteiger partial charge in [-0.1, -0.05) is 23.7 Å². The molecule has 1 heterocycles. The number of nitrogen functional groups attached to an aromatic ring is 1. The highest BCUT2D eigenvalue weighted by Gasteiger charge is 2.30. The molecule has 0 aliphatic heterocycles. The number of aromatic nitrogens is 2. The average molecular weight is 290 g/mol. The number of nitrogens with two attached hydrogens (primary N) is 1. The first-order valence-corrected chi connectivity index (χ1v) is 5.81. The van der Waals surface area contributed by atoms with Crippen LogP contribution < -0.4 is 5.73 Å². The normalized spacial score (nSPS) is 11.8. The van der Waals surface area contributed by atoms with E-state index in [4.69, 9.17) is 17.3 Å². The molecule has 0 radical (unpaired) electrons. The van der Waals surface area contributed by atoms with Gasteiger partial charge in [-0.25, -0.2) is 4.68 Å². The summed E-state index contributed by atoms with van der Waals surface area (Å²) in [7, 11) is 0. The second kappa shape index (κ2) is 4.77. The topological polar surface area (TPSA) is 43.8 Å². The molecule has 19 heavy (non-hydrogen) atoms. The Hall–Kier alpha value is -1.69. The summed E-state index contributed by atoms with van der Waals surface area (Å²) in [6.07, 6.45) is -4.36. The van der Waals surface area contributed by atoms with E-state index in [1.807, 2.05) is 0 Å². The van der Waals surface area contributed by atoms with Crippen molar-refractivity contribution in [2.45, 2.75) is 19.6 Å². The van der Waals surface area contributed by atoms with Crippen LogP contribution in [0.2, 0.25) is 5.02 Å². The van der Waals surface area contributed by atoms with Crippen molar-refractivity contribution in [3.05, 3.63) is 46.1 Å². The standard InChI is InChI=1S/C12H11ClF3N3/c1-7-10(13)11(17)19(18-7)6-8-3-2-4-9(5-8)12(14,15)16/h2-5H,6,17H2,1H3. The number of alkyl halides is 3. The quantitative estimate of drug-likeness (QED) is 0.919. The lowest BCUT2D eigenvalue weighted by molar-refractivity contribution is -0.137. The summed E-state index contributed by atoms with van der Waals surface area (Å²) in [6.45, 7) is 1.82. The van der Waals surface area contributed by atoms with Crippen molar-refractivity contribution in [2.75, 3.05) is 5.73 Å². The average Bonchev–Trinajstić information content (AvgIpc) is 2.56. The number of aryl methyl sites for hydroxylation is 1. The molecule has 1 aromatic heterocycles. The first-order valence-electron chi connectivity index (χ1n) is 5.43. The van der Waals surface area contributed by atoms with Crippen molar-refractivity contribution >= 4 is 17.4 Å². The van der Waals surface area contributed by atoms with Crippen LogP contribution in [0.1, 0.15) is 16.8 Å². The minimum absolute atomic E-state index is 0.142. The molecular formula is C12H11ClF3N3. The fourth-order valence-corrected chi connectivity index (χ4v) is 1.85. The van der Waals surface area contributed by atoms with Crippen LogP contribution in [0.15, 0.2) is 24.3 Å². The maximum absolute atomic E-state index is 12.6. The van der Waals surface area contributed by atoms with Gasteiger partial charge in [-0.2, -0.15) is 18.3 Å². The van der Waals surface area contributed by atoms with E-state index in [0.29, 0.717) is 16.3 Å². The molecule has 1 aromatic carbocycles. The van der Waals surface area contributed by atoms with Gasteiger partial charge in [0.1, 0.15) is 10.8 Å². The van der Waals surface area contributed by atoms with Gasteiger partial charge in [0.2, 0.25) is 0 Å². The van der Waals surface area contributed by atoms with Crippen molar-refractivity contribution in [3.63, 3.8) is 0 Å². The minimum Gasteiger partial charge on any atom is -0.383 e. The lowest BCUT2D eigenvalue weighted by Crippen LogP contribution is -2.09. The van der Waals surface area contributed by atoms with Crippen LogP contribution in [-0.4, -0.2) is 9.78 Å². The van der Waals surface area contributed by atoms with Crippen LogP contribution in [0.3, 0.4) is 0 Å². The van der Waals surface area contributed by atoms with Gasteiger partial charge >= 0.3 is 6.18 Å². The lowest BCUT2D eigenvalue weighted by atomic mass is 10.1. The van der Waals surface area contributed by atoms with E-state index in [0.717, 1.165) is 12.1 Å². The zero-order chi connectivity index (χ0) is 14.2. The number of halogens is 4. The lowest BCUT2D eigenvalue weighted by Gasteiger charge is -2.09. The third kappa shape index (κ3) is 2.84. The Bertz CT molecular complexity index is 605. The molecule has 0 bridgehead atoms. The molecule has 2 rings (SSSR count). The second-order valence-corrected chi connectivity index (χ2v) is 4.52. The number of anilines is 1. The highest BCUT2D eigenvalue weighted by molar-refractivity contribution is 6.33. The third-order valence-electron chi connectivity index (χ3n) is 2.68. The predicted molar refractivity (Wildman–Crippen MR) is 66.9 cm³/mol. The van der Waals surface area contributed by atoms with Gasteiger partial charge in [0, 0.05) is 0 Å². The summed E-state index contributed by atoms with van der Waals surface area (Å²) in [5, 5.41) is 4.40. The molecule has 2 N–H and O–H groups in total. The van der Waals surface area contributed by atoms with Crippen LogP contribution in [0.4, 0.5) is 19.0 Å². The minimum atomic E-state index is -4.36. The van der Waals surface area contributed by atoms with E-state index in [9.17, 15) is 13.2 Å². The van der Waals surface area contributed by atoms with Crippen molar-refractivity contribution in [1.82, 2.24) is 9.78 Å². The largest absolute Gasteiger partial charge is 0.416 e. The van der Waals surface area contributed by atoms with Crippen LogP contribution in [0, 0.1) is 6.92 Å². The summed E-state index contributed by atoms with van der Waals surface area (Å²) in [6, 6.07) is 5.03. The van der Waals surface area contributed by atoms with Crippen molar-refractivity contribution in [2.24, 2.45) is 0 Å². The molecule has 2 aromatic rings. The molecule has 0 amide bonds. The van der Waals surface area contributed by atoms with Gasteiger partial charge in [0.15, 0.2) is 0 Å². The molecule has 0 aliphatic rings. The molecule has 0 atom stereocenters. The molecule has 0 aliphatic carbocycles. The van der Waals surface area contributed by atoms with E-state index in [1.165, 1.54) is 10.7 Å². The van der Waals surface area contributed by atoms with Gasteiger partial charge in [-0.3, -0.25) is 0 Å². The number of hydrogen-bond acceptors (Lipinski definition) is 2. The fourth-order valence-electron chi connectivity index (χ4n) is 1.72. The maximum atomic E-state index is 12.6. The van der Waals surface area contributed by atoms with Crippen LogP contribution >= 0.6 is 11.6 Å². The predicted octanol–water partition coefficient (Wildman–Crippen LogP) is 3.49. The van der Waals surface area contributed by atoms with E-state index in [1.54, 1.807) is 13.0 Å². The van der Waals surface area contributed by atoms with E-state index >= 15 is 0 Å². The molecular weight excluding hydrogens is 279 g/mol. The molecule has 0 fully saturated rings. The maximum Gasteiger partial charge on any atom is 0.416 e. The molecule has 0 unspecified atom stereocenters. The Labute approximate surface area is 112 Å². The summed E-state index contributed by atoms with van der Waals surface area (Å²) in [4.78, 5) is 0. The summed E-state index contributed by atoms with van der Waals surface area (Å²) >= 11 is 5.88. The van der Waals surface area contributed by atoms with Crippen molar-refractivity contribution in [1.29, 1.82) is 0 Å². The first kappa shape index (κ1) is 13.7. The second-order valence-electron chi connectivity index (χ2n) is 4.14. The Balaban J connectivity index is 2.31. The van der Waals surface area contributed by atoms with Crippen molar-refractivity contribution in [3.8, 4) is 0 Å². The highest BCUT2D eigenvalue weighted by atomic mass is 35.5. The third-order valence-corrected chi connectivity index (χ3v) is 3.15. The van der Waals surface area contributed by atoms with Gasteiger partial charge in [0.05, 0.1) is 17.8 Å². The Morgan fingerprint density at radius 3 is 2.58 bits per heavy atom. The van der Waals surface area contributed by atoms with Gasteiger partial charge in [0.25, 0.3) is 0 Å². The van der Waals surface area contributed by atoms with Crippen LogP contribution in [-0.2, 0) is 12.7 Å². The van der Waals surface area contributed by atoms with E-state index in [2.05, 4.69) is 5.10 Å². The zero-order valence-corrected chi connectivity index (χ0v) is 10.8. The molecule has 0 saturated carbocycles. The monoisotopic (exact) mass is 289 g/mol. The van der Waals surface area contributed by atoms with Crippen LogP contribution in [0.5, 0.6) is 0 Å². The van der Waals surface area contributed by atoms with Crippen molar-refractivity contribution < 1.29 is 13.2 Å². The fraction of sp³-hybridized carbons (Fsp3) is 0.250. The summed E-state index contributed by atoms with van der Waals surface area (Å²) in [5.41, 5.74) is 6.03. The summed E-state index contributed by atoms with van der Waals surface area (Å²) in [5.74, 6) is 0.247. The van der Waals surface area contributed by atoms with Gasteiger partial charge in [-0.15, -0.1) is 0 Å². The molecule has 0 spiro atoms. The molecule has 0 saturated heterocycles. The Morgan fingerprint density at radius 2 is 2.05 bits per heavy atom. The zero-order valence-electron chi connectivity index (χ0n) is 10.0. The smallest absolute Gasteiger partial charge is 0.383 e. The van der Waals surface area contributed by atoms with Crippen LogP contribution in [0.25, 0.3) is 0 Å². The first-order chi connectivity index (χ1) is 8.79.